The molecule has 112 valence electrons. The molecule has 1 aliphatic rings. The maximum atomic E-state index is 13.7. The van der Waals surface area contributed by atoms with Crippen molar-refractivity contribution in [2.75, 3.05) is 33.4 Å². The minimum Gasteiger partial charge on any atom is -0.383 e. The lowest BCUT2D eigenvalue weighted by Crippen LogP contribution is -2.38. The molecule has 0 saturated carbocycles. The van der Waals surface area contributed by atoms with Gasteiger partial charge >= 0.3 is 0 Å². The maximum absolute atomic E-state index is 13.7. The molecule has 1 heterocycles. The number of rotatable bonds is 7. The first kappa shape index (κ1) is 15.4. The number of hydrogen-bond acceptors (Lipinski definition) is 3. The van der Waals surface area contributed by atoms with Crippen LogP contribution in [0.15, 0.2) is 18.2 Å². The van der Waals surface area contributed by atoms with E-state index < -0.39 is 11.6 Å². The van der Waals surface area contributed by atoms with E-state index in [0.717, 1.165) is 38.5 Å². The lowest BCUT2D eigenvalue weighted by atomic mass is 10.1. The fourth-order valence-corrected chi connectivity index (χ4v) is 2.65. The third-order valence-electron chi connectivity index (χ3n) is 3.75. The van der Waals surface area contributed by atoms with Gasteiger partial charge < -0.3 is 10.1 Å². The van der Waals surface area contributed by atoms with Crippen LogP contribution in [0.3, 0.4) is 0 Å². The molecule has 0 spiro atoms. The fraction of sp³-hybridized carbons (Fsp3) is 0.600. The van der Waals surface area contributed by atoms with Crippen molar-refractivity contribution in [3.8, 4) is 0 Å². The number of likely N-dealkylation sites (tertiary alicyclic amines) is 1. The maximum Gasteiger partial charge on any atom is 0.130 e. The Labute approximate surface area is 118 Å². The van der Waals surface area contributed by atoms with Gasteiger partial charge in [-0.25, -0.2) is 8.78 Å². The molecule has 0 amide bonds. The Kier molecular flexibility index (Phi) is 5.88. The van der Waals surface area contributed by atoms with Crippen molar-refractivity contribution in [3.05, 3.63) is 35.4 Å². The Hall–Kier alpha value is -1.04. The summed E-state index contributed by atoms with van der Waals surface area (Å²) in [5.41, 5.74) is 0.565. The largest absolute Gasteiger partial charge is 0.383 e. The van der Waals surface area contributed by atoms with E-state index in [9.17, 15) is 8.78 Å². The van der Waals surface area contributed by atoms with Gasteiger partial charge in [0, 0.05) is 44.4 Å². The zero-order valence-electron chi connectivity index (χ0n) is 11.9. The van der Waals surface area contributed by atoms with Crippen LogP contribution in [0.2, 0.25) is 0 Å². The van der Waals surface area contributed by atoms with E-state index in [4.69, 9.17) is 4.74 Å². The van der Waals surface area contributed by atoms with Crippen molar-refractivity contribution in [1.29, 1.82) is 0 Å². The number of ether oxygens (including phenoxy) is 1. The molecule has 0 bridgehead atoms. The second kappa shape index (κ2) is 7.67. The summed E-state index contributed by atoms with van der Waals surface area (Å²) >= 11 is 0. The number of halogens is 2. The van der Waals surface area contributed by atoms with Gasteiger partial charge in [0.05, 0.1) is 6.61 Å². The van der Waals surface area contributed by atoms with Crippen LogP contribution in [0, 0.1) is 11.6 Å². The van der Waals surface area contributed by atoms with Gasteiger partial charge in [-0.05, 0) is 25.5 Å². The summed E-state index contributed by atoms with van der Waals surface area (Å²) in [6.07, 6.45) is 2.24. The molecule has 1 aromatic rings. The topological polar surface area (TPSA) is 24.5 Å². The first-order valence-corrected chi connectivity index (χ1v) is 7.08. The van der Waals surface area contributed by atoms with Gasteiger partial charge in [0.15, 0.2) is 0 Å². The number of benzene rings is 1. The molecule has 1 unspecified atom stereocenters. The van der Waals surface area contributed by atoms with E-state index >= 15 is 0 Å². The van der Waals surface area contributed by atoms with Crippen molar-refractivity contribution in [1.82, 2.24) is 10.2 Å². The van der Waals surface area contributed by atoms with E-state index in [2.05, 4.69) is 10.2 Å². The number of nitrogens with one attached hydrogen (secondary N) is 1. The van der Waals surface area contributed by atoms with E-state index in [0.29, 0.717) is 24.8 Å². The molecule has 1 atom stereocenters. The summed E-state index contributed by atoms with van der Waals surface area (Å²) < 4.78 is 31.6. The summed E-state index contributed by atoms with van der Waals surface area (Å²) in [6.45, 7) is 3.91. The predicted molar refractivity (Wildman–Crippen MR) is 74.5 cm³/mol. The minimum absolute atomic E-state index is 0.413. The molecule has 1 saturated heterocycles. The van der Waals surface area contributed by atoms with Crippen LogP contribution in [0.25, 0.3) is 0 Å². The third kappa shape index (κ3) is 4.23. The predicted octanol–water partition coefficient (Wildman–Crippen LogP) is 2.17. The van der Waals surface area contributed by atoms with E-state index in [1.807, 2.05) is 0 Å². The Morgan fingerprint density at radius 1 is 1.40 bits per heavy atom. The Morgan fingerprint density at radius 2 is 2.25 bits per heavy atom. The van der Waals surface area contributed by atoms with Crippen LogP contribution in [-0.4, -0.2) is 44.3 Å². The van der Waals surface area contributed by atoms with E-state index in [1.54, 1.807) is 13.2 Å². The molecule has 0 aromatic heterocycles. The Morgan fingerprint density at radius 3 is 3.00 bits per heavy atom. The average Bonchev–Trinajstić information content (AvgIpc) is 2.85. The van der Waals surface area contributed by atoms with Crippen LogP contribution in [0.1, 0.15) is 18.4 Å². The minimum atomic E-state index is -0.523. The molecule has 20 heavy (non-hydrogen) atoms. The van der Waals surface area contributed by atoms with Gasteiger partial charge in [-0.15, -0.1) is 0 Å². The average molecular weight is 284 g/mol. The van der Waals surface area contributed by atoms with Gasteiger partial charge in [-0.1, -0.05) is 6.07 Å². The van der Waals surface area contributed by atoms with E-state index in [1.165, 1.54) is 6.07 Å². The highest BCUT2D eigenvalue weighted by molar-refractivity contribution is 5.18. The molecular formula is C15H22F2N2O. The summed E-state index contributed by atoms with van der Waals surface area (Å²) in [5, 5.41) is 3.35. The molecular weight excluding hydrogens is 262 g/mol. The van der Waals surface area contributed by atoms with Gasteiger partial charge in [0.2, 0.25) is 0 Å². The molecule has 1 fully saturated rings. The van der Waals surface area contributed by atoms with Crippen molar-refractivity contribution in [2.45, 2.75) is 25.4 Å². The number of nitrogens with zero attached hydrogens (tertiary/aromatic N) is 1. The standard InChI is InChI=1S/C15H22F2N2O/c1-20-8-6-18-10-14-3-2-7-19(14)11-12-4-5-13(16)9-15(12)17/h4-5,9,14,18H,2-3,6-8,10-11H2,1H3. The summed E-state index contributed by atoms with van der Waals surface area (Å²) in [5.74, 6) is -0.978. The monoisotopic (exact) mass is 284 g/mol. The van der Waals surface area contributed by atoms with E-state index in [-0.39, 0.29) is 0 Å². The first-order chi connectivity index (χ1) is 9.70. The third-order valence-corrected chi connectivity index (χ3v) is 3.75. The lowest BCUT2D eigenvalue weighted by Gasteiger charge is -2.25. The van der Waals surface area contributed by atoms with Crippen LogP contribution in [0.5, 0.6) is 0 Å². The summed E-state index contributed by atoms with van der Waals surface area (Å²) in [7, 11) is 1.68. The number of methoxy groups -OCH3 is 1. The van der Waals surface area contributed by atoms with Crippen molar-refractivity contribution >= 4 is 0 Å². The van der Waals surface area contributed by atoms with Crippen LogP contribution in [0.4, 0.5) is 8.78 Å². The fourth-order valence-electron chi connectivity index (χ4n) is 2.65. The van der Waals surface area contributed by atoms with Gasteiger partial charge in [-0.2, -0.15) is 0 Å². The van der Waals surface area contributed by atoms with Gasteiger partial charge in [0.1, 0.15) is 11.6 Å². The van der Waals surface area contributed by atoms with Gasteiger partial charge in [-0.3, -0.25) is 4.90 Å². The molecule has 3 nitrogen and oxygen atoms in total. The Balaban J connectivity index is 1.87. The number of hydrogen-bond donors (Lipinski definition) is 1. The smallest absolute Gasteiger partial charge is 0.130 e. The van der Waals surface area contributed by atoms with Gasteiger partial charge in [0.25, 0.3) is 0 Å². The highest BCUT2D eigenvalue weighted by atomic mass is 19.1. The Bertz CT molecular complexity index is 428. The first-order valence-electron chi connectivity index (χ1n) is 7.08. The van der Waals surface area contributed by atoms with Crippen LogP contribution < -0.4 is 5.32 Å². The summed E-state index contributed by atoms with van der Waals surface area (Å²) in [6, 6.07) is 4.23. The molecule has 5 heteroatoms. The molecule has 1 aromatic carbocycles. The second-order valence-corrected chi connectivity index (χ2v) is 5.20. The highest BCUT2D eigenvalue weighted by Gasteiger charge is 2.24. The SMILES string of the molecule is COCCNCC1CCCN1Cc1ccc(F)cc1F. The molecule has 1 N–H and O–H groups in total. The summed E-state index contributed by atoms with van der Waals surface area (Å²) in [4.78, 5) is 2.26. The zero-order valence-corrected chi connectivity index (χ0v) is 11.9. The van der Waals surface area contributed by atoms with Crippen molar-refractivity contribution in [2.24, 2.45) is 0 Å². The quantitative estimate of drug-likeness (QED) is 0.777. The molecule has 0 aliphatic carbocycles. The highest BCUT2D eigenvalue weighted by Crippen LogP contribution is 2.21. The second-order valence-electron chi connectivity index (χ2n) is 5.20. The molecule has 0 radical (unpaired) electrons. The van der Waals surface area contributed by atoms with Crippen LogP contribution in [-0.2, 0) is 11.3 Å². The van der Waals surface area contributed by atoms with Crippen LogP contribution >= 0.6 is 0 Å². The lowest BCUT2D eigenvalue weighted by molar-refractivity contribution is 0.190. The molecule has 1 aliphatic heterocycles. The van der Waals surface area contributed by atoms with Crippen molar-refractivity contribution < 1.29 is 13.5 Å². The normalized spacial score (nSPS) is 19.6. The molecule has 2 rings (SSSR count). The van der Waals surface area contributed by atoms with Crippen molar-refractivity contribution in [3.63, 3.8) is 0 Å². The zero-order chi connectivity index (χ0) is 14.4.